The molecular formula is C41H25N3O. The average Bonchev–Trinajstić information content (AvgIpc) is 3.50. The molecule has 0 fully saturated rings. The highest BCUT2D eigenvalue weighted by atomic mass is 16.3. The van der Waals surface area contributed by atoms with E-state index in [-0.39, 0.29) is 0 Å². The molecule has 9 aromatic rings. The lowest BCUT2D eigenvalue weighted by Gasteiger charge is -2.14. The maximum absolute atomic E-state index is 6.53. The summed E-state index contributed by atoms with van der Waals surface area (Å²) in [5.74, 6) is 1.85. The molecule has 210 valence electrons. The van der Waals surface area contributed by atoms with Crippen LogP contribution in [0.2, 0.25) is 0 Å². The highest BCUT2D eigenvalue weighted by Crippen LogP contribution is 2.43. The van der Waals surface area contributed by atoms with Crippen molar-refractivity contribution in [2.75, 3.05) is 0 Å². The van der Waals surface area contributed by atoms with Crippen LogP contribution in [-0.2, 0) is 0 Å². The minimum Gasteiger partial charge on any atom is -0.456 e. The fourth-order valence-corrected chi connectivity index (χ4v) is 6.41. The summed E-state index contributed by atoms with van der Waals surface area (Å²) in [5, 5.41) is 6.99. The number of hydrogen-bond donors (Lipinski definition) is 0. The molecule has 0 N–H and O–H groups in total. The fourth-order valence-electron chi connectivity index (χ4n) is 6.41. The van der Waals surface area contributed by atoms with Gasteiger partial charge >= 0.3 is 0 Å². The minimum atomic E-state index is 0.594. The Kier molecular flexibility index (Phi) is 5.78. The number of nitrogens with zero attached hydrogens (tertiary/aromatic N) is 3. The average molecular weight is 576 g/mol. The van der Waals surface area contributed by atoms with Gasteiger partial charge in [-0.2, -0.15) is 0 Å². The van der Waals surface area contributed by atoms with Gasteiger partial charge in [-0.15, -0.1) is 0 Å². The Morgan fingerprint density at radius 3 is 1.58 bits per heavy atom. The summed E-state index contributed by atoms with van der Waals surface area (Å²) in [4.78, 5) is 15.0. The van der Waals surface area contributed by atoms with Crippen molar-refractivity contribution in [3.8, 4) is 45.3 Å². The normalized spacial score (nSPS) is 11.6. The zero-order valence-corrected chi connectivity index (χ0v) is 24.2. The van der Waals surface area contributed by atoms with E-state index in [1.165, 1.54) is 21.5 Å². The van der Waals surface area contributed by atoms with E-state index in [0.29, 0.717) is 17.5 Å². The van der Waals surface area contributed by atoms with Crippen LogP contribution in [0.1, 0.15) is 0 Å². The van der Waals surface area contributed by atoms with Gasteiger partial charge in [-0.25, -0.2) is 15.0 Å². The van der Waals surface area contributed by atoms with Crippen molar-refractivity contribution in [2.24, 2.45) is 0 Å². The van der Waals surface area contributed by atoms with E-state index < -0.39 is 0 Å². The van der Waals surface area contributed by atoms with Crippen LogP contribution in [0.4, 0.5) is 0 Å². The van der Waals surface area contributed by atoms with Gasteiger partial charge in [-0.05, 0) is 56.9 Å². The summed E-state index contributed by atoms with van der Waals surface area (Å²) in [6.07, 6.45) is 0. The van der Waals surface area contributed by atoms with Gasteiger partial charge in [0.25, 0.3) is 0 Å². The second-order valence-corrected chi connectivity index (χ2v) is 11.2. The smallest absolute Gasteiger partial charge is 0.164 e. The second-order valence-electron chi connectivity index (χ2n) is 11.2. The lowest BCUT2D eigenvalue weighted by molar-refractivity contribution is 0.669. The molecule has 0 radical (unpaired) electrons. The van der Waals surface area contributed by atoms with Crippen LogP contribution in [0.15, 0.2) is 156 Å². The third-order valence-electron chi connectivity index (χ3n) is 8.49. The first kappa shape index (κ1) is 25.4. The molecule has 0 aliphatic heterocycles. The van der Waals surface area contributed by atoms with E-state index in [1.807, 2.05) is 72.8 Å². The van der Waals surface area contributed by atoms with Crippen molar-refractivity contribution in [2.45, 2.75) is 0 Å². The van der Waals surface area contributed by atoms with Crippen LogP contribution in [0, 0.1) is 0 Å². The quantitative estimate of drug-likeness (QED) is 0.196. The SMILES string of the molecule is c1ccc(-c2nc(-c3ccccc3)nc(-c3cc(-c4cc5ccccc5c5ccccc45)c4c(c3)oc3ccccc34)n2)cc1. The third-order valence-corrected chi connectivity index (χ3v) is 8.49. The molecule has 0 atom stereocenters. The molecule has 0 aliphatic rings. The molecule has 0 saturated carbocycles. The molecule has 0 amide bonds. The topological polar surface area (TPSA) is 51.8 Å². The van der Waals surface area contributed by atoms with E-state index in [0.717, 1.165) is 49.8 Å². The molecule has 4 heteroatoms. The second kappa shape index (κ2) is 10.2. The summed E-state index contributed by atoms with van der Waals surface area (Å²) >= 11 is 0. The van der Waals surface area contributed by atoms with Gasteiger partial charge in [0, 0.05) is 27.5 Å². The number of fused-ring (bicyclic) bond motifs is 6. The molecule has 0 unspecified atom stereocenters. The predicted octanol–water partition coefficient (Wildman–Crippen LogP) is 10.7. The van der Waals surface area contributed by atoms with Crippen molar-refractivity contribution in [3.05, 3.63) is 152 Å². The Labute approximate surface area is 259 Å². The van der Waals surface area contributed by atoms with Crippen LogP contribution in [0.3, 0.4) is 0 Å². The molecule has 0 spiro atoms. The molecular weight excluding hydrogens is 550 g/mol. The van der Waals surface area contributed by atoms with E-state index in [4.69, 9.17) is 19.4 Å². The zero-order valence-electron chi connectivity index (χ0n) is 24.2. The monoisotopic (exact) mass is 575 g/mol. The van der Waals surface area contributed by atoms with E-state index in [2.05, 4.69) is 78.9 Å². The summed E-state index contributed by atoms with van der Waals surface area (Å²) in [6, 6.07) is 52.2. The molecule has 9 rings (SSSR count). The molecule has 2 heterocycles. The first-order valence-corrected chi connectivity index (χ1v) is 15.0. The number of aromatic nitrogens is 3. The maximum Gasteiger partial charge on any atom is 0.164 e. The van der Waals surface area contributed by atoms with E-state index in [1.54, 1.807) is 0 Å². The van der Waals surface area contributed by atoms with Gasteiger partial charge in [0.1, 0.15) is 11.2 Å². The zero-order chi connectivity index (χ0) is 29.7. The van der Waals surface area contributed by atoms with Crippen molar-refractivity contribution in [3.63, 3.8) is 0 Å². The van der Waals surface area contributed by atoms with Gasteiger partial charge in [0.2, 0.25) is 0 Å². The van der Waals surface area contributed by atoms with Gasteiger partial charge in [0.05, 0.1) is 0 Å². The Bertz CT molecular complexity index is 2480. The molecule has 4 nitrogen and oxygen atoms in total. The Morgan fingerprint density at radius 1 is 0.356 bits per heavy atom. The number of furan rings is 1. The number of hydrogen-bond acceptors (Lipinski definition) is 4. The van der Waals surface area contributed by atoms with Crippen LogP contribution < -0.4 is 0 Å². The van der Waals surface area contributed by atoms with Crippen molar-refractivity contribution < 1.29 is 4.42 Å². The molecule has 0 aliphatic carbocycles. The van der Waals surface area contributed by atoms with Crippen molar-refractivity contribution in [1.29, 1.82) is 0 Å². The molecule has 0 bridgehead atoms. The Hall–Kier alpha value is -6.13. The first-order valence-electron chi connectivity index (χ1n) is 15.0. The number of benzene rings is 7. The van der Waals surface area contributed by atoms with Crippen LogP contribution in [0.5, 0.6) is 0 Å². The van der Waals surface area contributed by atoms with Gasteiger partial charge in [-0.1, -0.05) is 127 Å². The molecule has 0 saturated heterocycles. The van der Waals surface area contributed by atoms with E-state index in [9.17, 15) is 0 Å². The minimum absolute atomic E-state index is 0.594. The first-order chi connectivity index (χ1) is 22.3. The highest BCUT2D eigenvalue weighted by Gasteiger charge is 2.20. The highest BCUT2D eigenvalue weighted by molar-refractivity contribution is 6.20. The van der Waals surface area contributed by atoms with E-state index >= 15 is 0 Å². The van der Waals surface area contributed by atoms with Gasteiger partial charge in [0.15, 0.2) is 17.5 Å². The van der Waals surface area contributed by atoms with Crippen LogP contribution >= 0.6 is 0 Å². The lowest BCUT2D eigenvalue weighted by Crippen LogP contribution is -2.00. The van der Waals surface area contributed by atoms with Gasteiger partial charge < -0.3 is 4.42 Å². The van der Waals surface area contributed by atoms with Crippen LogP contribution in [-0.4, -0.2) is 15.0 Å². The summed E-state index contributed by atoms with van der Waals surface area (Å²) in [6.45, 7) is 0. The number of rotatable bonds is 4. The Balaban J connectivity index is 1.38. The summed E-state index contributed by atoms with van der Waals surface area (Å²) < 4.78 is 6.53. The number of para-hydroxylation sites is 1. The van der Waals surface area contributed by atoms with Gasteiger partial charge in [-0.3, -0.25) is 0 Å². The third kappa shape index (κ3) is 4.27. The lowest BCUT2D eigenvalue weighted by atomic mass is 9.90. The standard InChI is InChI=1S/C41H25N3O/c1-3-13-26(14-4-1)39-42-40(27-15-5-2-6-16-27)44-41(43-39)29-24-35(38-33-21-11-12-22-36(33)45-37(38)25-29)34-23-28-17-7-8-18-30(28)31-19-9-10-20-32(31)34/h1-25H. The molecule has 2 aromatic heterocycles. The van der Waals surface area contributed by atoms with Crippen molar-refractivity contribution >= 4 is 43.5 Å². The molecule has 7 aromatic carbocycles. The summed E-state index contributed by atoms with van der Waals surface area (Å²) in [5.41, 5.74) is 6.60. The van der Waals surface area contributed by atoms with Crippen LogP contribution in [0.25, 0.3) is 88.8 Å². The predicted molar refractivity (Wildman–Crippen MR) is 184 cm³/mol. The summed E-state index contributed by atoms with van der Waals surface area (Å²) in [7, 11) is 0. The largest absolute Gasteiger partial charge is 0.456 e. The Morgan fingerprint density at radius 2 is 0.889 bits per heavy atom. The van der Waals surface area contributed by atoms with Crippen molar-refractivity contribution in [1.82, 2.24) is 15.0 Å². The fraction of sp³-hybridized carbons (Fsp3) is 0. The molecule has 45 heavy (non-hydrogen) atoms. The maximum atomic E-state index is 6.53.